The summed E-state index contributed by atoms with van der Waals surface area (Å²) in [5, 5.41) is 7.50. The maximum absolute atomic E-state index is 12.4. The number of carbonyl (C=O) groups excluding carboxylic acids is 1. The zero-order chi connectivity index (χ0) is 20.2. The first kappa shape index (κ1) is 19.6. The SMILES string of the molecule is Cc1cc(Br)ccc1NC(=O)CN1CC=C(c2cnn(-c3ccccc3)c2)CC1. The number of aryl methyl sites for hydroxylation is 1. The highest BCUT2D eigenvalue weighted by atomic mass is 79.9. The van der Waals surface area contributed by atoms with Gasteiger partial charge in [-0.2, -0.15) is 5.10 Å². The highest BCUT2D eigenvalue weighted by molar-refractivity contribution is 9.10. The molecule has 0 radical (unpaired) electrons. The maximum atomic E-state index is 12.4. The molecule has 0 spiro atoms. The van der Waals surface area contributed by atoms with Gasteiger partial charge in [0.2, 0.25) is 5.91 Å². The first-order chi connectivity index (χ1) is 14.1. The van der Waals surface area contributed by atoms with Crippen LogP contribution in [0.15, 0.2) is 71.5 Å². The number of hydrogen-bond acceptors (Lipinski definition) is 3. The molecule has 1 N–H and O–H groups in total. The molecular weight excluding hydrogens is 428 g/mol. The number of halogens is 1. The van der Waals surface area contributed by atoms with Crippen LogP contribution in [0.25, 0.3) is 11.3 Å². The molecule has 0 bridgehead atoms. The number of nitrogens with zero attached hydrogens (tertiary/aromatic N) is 3. The minimum atomic E-state index is 0.0177. The van der Waals surface area contributed by atoms with Gasteiger partial charge in [-0.1, -0.05) is 40.2 Å². The summed E-state index contributed by atoms with van der Waals surface area (Å²) in [5.74, 6) is 0.0177. The molecule has 0 saturated heterocycles. The van der Waals surface area contributed by atoms with Gasteiger partial charge in [0.15, 0.2) is 0 Å². The van der Waals surface area contributed by atoms with Crippen molar-refractivity contribution in [3.63, 3.8) is 0 Å². The molecule has 148 valence electrons. The van der Waals surface area contributed by atoms with Gasteiger partial charge in [0.25, 0.3) is 0 Å². The van der Waals surface area contributed by atoms with Crippen molar-refractivity contribution in [1.82, 2.24) is 14.7 Å². The Bertz CT molecular complexity index is 1040. The molecular formula is C23H23BrN4O. The van der Waals surface area contributed by atoms with Crippen LogP contribution in [0.1, 0.15) is 17.5 Å². The fourth-order valence-corrected chi connectivity index (χ4v) is 3.96. The van der Waals surface area contributed by atoms with E-state index in [1.54, 1.807) is 0 Å². The molecule has 6 heteroatoms. The number of amides is 1. The average molecular weight is 451 g/mol. The monoisotopic (exact) mass is 450 g/mol. The van der Waals surface area contributed by atoms with Crippen LogP contribution in [0.3, 0.4) is 0 Å². The zero-order valence-corrected chi connectivity index (χ0v) is 17.9. The van der Waals surface area contributed by atoms with Gasteiger partial charge < -0.3 is 5.32 Å². The second-order valence-electron chi connectivity index (χ2n) is 7.23. The predicted molar refractivity (Wildman–Crippen MR) is 120 cm³/mol. The lowest BCUT2D eigenvalue weighted by Gasteiger charge is -2.25. The van der Waals surface area contributed by atoms with Gasteiger partial charge in [0.1, 0.15) is 0 Å². The Morgan fingerprint density at radius 1 is 1.21 bits per heavy atom. The van der Waals surface area contributed by atoms with E-state index in [4.69, 9.17) is 0 Å². The molecule has 1 amide bonds. The Labute approximate surface area is 179 Å². The number of carbonyl (C=O) groups is 1. The summed E-state index contributed by atoms with van der Waals surface area (Å²) < 4.78 is 2.91. The fourth-order valence-electron chi connectivity index (χ4n) is 3.49. The Morgan fingerprint density at radius 3 is 2.76 bits per heavy atom. The predicted octanol–water partition coefficient (Wildman–Crippen LogP) is 4.67. The molecule has 0 unspecified atom stereocenters. The number of rotatable bonds is 5. The van der Waals surface area contributed by atoms with E-state index in [9.17, 15) is 4.79 Å². The number of para-hydroxylation sites is 1. The summed E-state index contributed by atoms with van der Waals surface area (Å²) in [6, 6.07) is 16.0. The molecule has 1 aliphatic rings. The molecule has 5 nitrogen and oxygen atoms in total. The third kappa shape index (κ3) is 4.83. The number of benzene rings is 2. The highest BCUT2D eigenvalue weighted by Crippen LogP contribution is 2.23. The molecule has 0 aliphatic carbocycles. The standard InChI is InChI=1S/C23H23BrN4O/c1-17-13-20(24)7-8-22(17)26-23(29)16-27-11-9-18(10-12-27)19-14-25-28(15-19)21-5-3-2-4-6-21/h2-9,13-15H,10-12,16H2,1H3,(H,26,29). The third-order valence-electron chi connectivity index (χ3n) is 5.10. The van der Waals surface area contributed by atoms with Crippen molar-refractivity contribution < 1.29 is 4.79 Å². The van der Waals surface area contributed by atoms with E-state index in [2.05, 4.69) is 43.5 Å². The summed E-state index contributed by atoms with van der Waals surface area (Å²) in [5.41, 5.74) is 5.39. The van der Waals surface area contributed by atoms with Gasteiger partial charge in [-0.3, -0.25) is 9.69 Å². The van der Waals surface area contributed by atoms with Crippen molar-refractivity contribution in [1.29, 1.82) is 0 Å². The molecule has 0 atom stereocenters. The van der Waals surface area contributed by atoms with E-state index < -0.39 is 0 Å². The largest absolute Gasteiger partial charge is 0.325 e. The molecule has 3 aromatic rings. The van der Waals surface area contributed by atoms with E-state index in [1.165, 1.54) is 5.57 Å². The zero-order valence-electron chi connectivity index (χ0n) is 16.3. The van der Waals surface area contributed by atoms with E-state index in [0.29, 0.717) is 6.54 Å². The molecule has 1 aliphatic heterocycles. The van der Waals surface area contributed by atoms with Crippen molar-refractivity contribution in [2.75, 3.05) is 25.0 Å². The molecule has 29 heavy (non-hydrogen) atoms. The topological polar surface area (TPSA) is 50.2 Å². The van der Waals surface area contributed by atoms with Crippen molar-refractivity contribution in [2.45, 2.75) is 13.3 Å². The fraction of sp³-hybridized carbons (Fsp3) is 0.217. The lowest BCUT2D eigenvalue weighted by molar-refractivity contribution is -0.117. The first-order valence-electron chi connectivity index (χ1n) is 9.66. The van der Waals surface area contributed by atoms with Crippen LogP contribution >= 0.6 is 15.9 Å². The van der Waals surface area contributed by atoms with Crippen molar-refractivity contribution >= 4 is 33.1 Å². The van der Waals surface area contributed by atoms with Crippen LogP contribution in [-0.2, 0) is 4.79 Å². The molecule has 2 aromatic carbocycles. The summed E-state index contributed by atoms with van der Waals surface area (Å²) in [6.07, 6.45) is 7.09. The third-order valence-corrected chi connectivity index (χ3v) is 5.59. The first-order valence-corrected chi connectivity index (χ1v) is 10.5. The molecule has 2 heterocycles. The van der Waals surface area contributed by atoms with Crippen molar-refractivity contribution in [3.8, 4) is 5.69 Å². The van der Waals surface area contributed by atoms with Crippen molar-refractivity contribution in [2.24, 2.45) is 0 Å². The Kier molecular flexibility index (Phi) is 5.92. The van der Waals surface area contributed by atoms with Crippen LogP contribution in [-0.4, -0.2) is 40.2 Å². The number of anilines is 1. The number of hydrogen-bond donors (Lipinski definition) is 1. The van der Waals surface area contributed by atoms with Gasteiger partial charge >= 0.3 is 0 Å². The quantitative estimate of drug-likeness (QED) is 0.614. The maximum Gasteiger partial charge on any atom is 0.238 e. The minimum absolute atomic E-state index is 0.0177. The Balaban J connectivity index is 1.35. The second kappa shape index (κ2) is 8.76. The molecule has 4 rings (SSSR count). The van der Waals surface area contributed by atoms with Crippen LogP contribution in [0, 0.1) is 6.92 Å². The van der Waals surface area contributed by atoms with Crippen LogP contribution in [0.5, 0.6) is 0 Å². The van der Waals surface area contributed by atoms with E-state index >= 15 is 0 Å². The van der Waals surface area contributed by atoms with Crippen molar-refractivity contribution in [3.05, 3.63) is 82.6 Å². The molecule has 0 fully saturated rings. The normalized spacial score (nSPS) is 14.5. The highest BCUT2D eigenvalue weighted by Gasteiger charge is 2.17. The molecule has 1 aromatic heterocycles. The smallest absolute Gasteiger partial charge is 0.238 e. The summed E-state index contributed by atoms with van der Waals surface area (Å²) >= 11 is 3.45. The molecule has 0 saturated carbocycles. The Hall–Kier alpha value is -2.70. The van der Waals surface area contributed by atoms with Crippen LogP contribution in [0.4, 0.5) is 5.69 Å². The van der Waals surface area contributed by atoms with Gasteiger partial charge in [-0.05, 0) is 54.8 Å². The van der Waals surface area contributed by atoms with Gasteiger partial charge in [-0.15, -0.1) is 0 Å². The summed E-state index contributed by atoms with van der Waals surface area (Å²) in [7, 11) is 0. The average Bonchev–Trinajstić information content (AvgIpc) is 3.22. The van der Waals surface area contributed by atoms with Gasteiger partial charge in [0.05, 0.1) is 18.4 Å². The van der Waals surface area contributed by atoms with E-state index in [0.717, 1.165) is 46.5 Å². The minimum Gasteiger partial charge on any atom is -0.325 e. The van der Waals surface area contributed by atoms with E-state index in [-0.39, 0.29) is 5.91 Å². The lowest BCUT2D eigenvalue weighted by atomic mass is 10.0. The van der Waals surface area contributed by atoms with Gasteiger partial charge in [0, 0.05) is 35.0 Å². The van der Waals surface area contributed by atoms with E-state index in [1.807, 2.05) is 66.3 Å². The summed E-state index contributed by atoms with van der Waals surface area (Å²) in [4.78, 5) is 14.6. The van der Waals surface area contributed by atoms with Crippen LogP contribution < -0.4 is 5.32 Å². The number of aromatic nitrogens is 2. The Morgan fingerprint density at radius 2 is 2.03 bits per heavy atom. The number of nitrogens with one attached hydrogen (secondary N) is 1. The van der Waals surface area contributed by atoms with Gasteiger partial charge in [-0.25, -0.2) is 4.68 Å². The summed E-state index contributed by atoms with van der Waals surface area (Å²) in [6.45, 7) is 4.00. The second-order valence-corrected chi connectivity index (χ2v) is 8.15. The lowest BCUT2D eigenvalue weighted by Crippen LogP contribution is -2.36. The van der Waals surface area contributed by atoms with Crippen LogP contribution in [0.2, 0.25) is 0 Å².